The van der Waals surface area contributed by atoms with Gasteiger partial charge in [0.25, 0.3) is 11.9 Å². The molecule has 1 saturated heterocycles. The first-order valence-corrected chi connectivity index (χ1v) is 17.8. The van der Waals surface area contributed by atoms with Crippen LogP contribution in [0.1, 0.15) is 80.3 Å². The van der Waals surface area contributed by atoms with E-state index < -0.39 is 11.4 Å². The van der Waals surface area contributed by atoms with E-state index in [1.54, 1.807) is 12.1 Å². The van der Waals surface area contributed by atoms with E-state index in [1.165, 1.54) is 44.9 Å². The van der Waals surface area contributed by atoms with Crippen molar-refractivity contribution in [1.29, 1.82) is 0 Å². The van der Waals surface area contributed by atoms with Gasteiger partial charge in [0.15, 0.2) is 4.90 Å². The Morgan fingerprint density at radius 3 is 2.44 bits per heavy atom. The molecule has 2 aliphatic heterocycles. The average Bonchev–Trinajstić information content (AvgIpc) is 3.19. The second-order valence-electron chi connectivity index (χ2n) is 14.2. The normalized spacial score (nSPS) is 25.3. The molecule has 1 amide bonds. The molecule has 8 nitrogen and oxygen atoms in total. The first-order chi connectivity index (χ1) is 21.7. The summed E-state index contributed by atoms with van der Waals surface area (Å²) in [5.41, 5.74) is 4.96. The van der Waals surface area contributed by atoms with Crippen LogP contribution in [0, 0.1) is 25.2 Å². The molecule has 6 bridgehead atoms. The van der Waals surface area contributed by atoms with Gasteiger partial charge in [0.05, 0.1) is 12.2 Å². The Balaban J connectivity index is 1.30. The molecule has 3 atom stereocenters. The fourth-order valence-electron chi connectivity index (χ4n) is 8.27. The van der Waals surface area contributed by atoms with E-state index in [0.717, 1.165) is 35.5 Å². The van der Waals surface area contributed by atoms with E-state index in [2.05, 4.69) is 49.4 Å². The Bertz CT molecular complexity index is 1550. The summed E-state index contributed by atoms with van der Waals surface area (Å²) in [6, 6.07) is 15.8. The smallest absolute Gasteiger partial charge is 0.269 e. The SMILES string of the molecule is Cc1cccc(C)c1-c1cc2nc(n1)N[S+]([O-])c1cccc(c1)C(=O)N1C[C@@H](CN(C3CC4(CCCCC4)C3)C[C@H]1C(C)C)O2. The monoisotopic (exact) mass is 627 g/mol. The Kier molecular flexibility index (Phi) is 8.29. The lowest BCUT2D eigenvalue weighted by Crippen LogP contribution is -2.55. The van der Waals surface area contributed by atoms with Crippen molar-refractivity contribution < 1.29 is 14.1 Å². The lowest BCUT2D eigenvalue weighted by atomic mass is 9.58. The third-order valence-electron chi connectivity index (χ3n) is 10.7. The number of rotatable bonds is 3. The zero-order chi connectivity index (χ0) is 31.3. The summed E-state index contributed by atoms with van der Waals surface area (Å²) in [6.45, 7) is 10.6. The Morgan fingerprint density at radius 1 is 0.978 bits per heavy atom. The summed E-state index contributed by atoms with van der Waals surface area (Å²) in [4.78, 5) is 29.0. The van der Waals surface area contributed by atoms with Crippen LogP contribution in [-0.4, -0.2) is 68.0 Å². The number of carbonyl (C=O) groups excluding carboxylic acids is 1. The van der Waals surface area contributed by atoms with Crippen LogP contribution in [0.2, 0.25) is 0 Å². The van der Waals surface area contributed by atoms with Crippen LogP contribution in [0.4, 0.5) is 5.95 Å². The number of ether oxygens (including phenoxy) is 1. The van der Waals surface area contributed by atoms with Gasteiger partial charge in [-0.2, -0.15) is 9.71 Å². The number of nitrogens with zero attached hydrogens (tertiary/aromatic N) is 4. The lowest BCUT2D eigenvalue weighted by Gasteiger charge is -2.54. The van der Waals surface area contributed by atoms with Crippen molar-refractivity contribution in [2.75, 3.05) is 24.4 Å². The Labute approximate surface area is 270 Å². The van der Waals surface area contributed by atoms with E-state index in [0.29, 0.717) is 34.3 Å². The third kappa shape index (κ3) is 6.07. The van der Waals surface area contributed by atoms with Gasteiger partial charge in [0.2, 0.25) is 5.88 Å². The zero-order valence-electron chi connectivity index (χ0n) is 26.9. The van der Waals surface area contributed by atoms with Crippen LogP contribution >= 0.6 is 0 Å². The number of nitrogens with one attached hydrogen (secondary N) is 1. The molecule has 3 heterocycles. The summed E-state index contributed by atoms with van der Waals surface area (Å²) in [5.74, 6) is 0.870. The summed E-state index contributed by atoms with van der Waals surface area (Å²) in [7, 11) is 0. The molecule has 1 N–H and O–H groups in total. The highest BCUT2D eigenvalue weighted by Gasteiger charge is 2.49. The maximum Gasteiger partial charge on any atom is 0.269 e. The predicted molar refractivity (Wildman–Crippen MR) is 178 cm³/mol. The highest BCUT2D eigenvalue weighted by Crippen LogP contribution is 2.53. The second-order valence-corrected chi connectivity index (χ2v) is 15.4. The Morgan fingerprint density at radius 2 is 1.71 bits per heavy atom. The molecule has 1 aromatic heterocycles. The number of hydrogen-bond acceptors (Lipinski definition) is 7. The van der Waals surface area contributed by atoms with Crippen LogP contribution < -0.4 is 9.46 Å². The van der Waals surface area contributed by atoms with Crippen LogP contribution in [-0.2, 0) is 11.4 Å². The van der Waals surface area contributed by atoms with E-state index in [-0.39, 0.29) is 29.9 Å². The number of amides is 1. The number of carbonyl (C=O) groups is 1. The van der Waals surface area contributed by atoms with Gasteiger partial charge < -0.3 is 14.2 Å². The largest absolute Gasteiger partial charge is 0.588 e. The van der Waals surface area contributed by atoms with Gasteiger partial charge >= 0.3 is 0 Å². The number of aromatic nitrogens is 2. The highest BCUT2D eigenvalue weighted by molar-refractivity contribution is 7.92. The van der Waals surface area contributed by atoms with Crippen molar-refractivity contribution in [3.63, 3.8) is 0 Å². The standard InChI is InChI=1S/C36H45N5O3S/c1-23(2)31-22-40(27-18-36(19-27)14-6-5-7-15-36)20-28-21-41(31)34(42)26-12-9-13-29(16-26)45(43)39-35-37-30(17-32(38-35)44-28)33-24(3)10-8-11-25(33)4/h8-13,16-17,23,27-28,31H,5-7,14-15,18-22H2,1-4H3,(H,37,38,39)/t28-,31+,45?/m1/s1. The molecule has 2 aromatic carbocycles. The van der Waals surface area contributed by atoms with Crippen molar-refractivity contribution in [3.8, 4) is 17.1 Å². The van der Waals surface area contributed by atoms with Crippen molar-refractivity contribution >= 4 is 23.2 Å². The maximum atomic E-state index is 14.3. The molecule has 9 heteroatoms. The van der Waals surface area contributed by atoms with Gasteiger partial charge in [-0.1, -0.05) is 57.4 Å². The molecule has 4 aliphatic rings. The van der Waals surface area contributed by atoms with E-state index in [1.807, 2.05) is 29.2 Å². The summed E-state index contributed by atoms with van der Waals surface area (Å²) in [6.07, 6.45) is 8.97. The fourth-order valence-corrected chi connectivity index (χ4v) is 9.08. The predicted octanol–water partition coefficient (Wildman–Crippen LogP) is 6.55. The van der Waals surface area contributed by atoms with Crippen LogP contribution in [0.25, 0.3) is 11.3 Å². The third-order valence-corrected chi connectivity index (χ3v) is 11.7. The second kappa shape index (κ2) is 12.2. The number of aryl methyl sites for hydroxylation is 2. The molecule has 0 radical (unpaired) electrons. The van der Waals surface area contributed by atoms with Gasteiger partial charge in [0.1, 0.15) is 17.5 Å². The van der Waals surface area contributed by atoms with Crippen molar-refractivity contribution in [3.05, 3.63) is 65.2 Å². The zero-order valence-corrected chi connectivity index (χ0v) is 27.7. The molecule has 45 heavy (non-hydrogen) atoms. The quantitative estimate of drug-likeness (QED) is 0.329. The molecule has 1 unspecified atom stereocenters. The van der Waals surface area contributed by atoms with E-state index in [9.17, 15) is 9.35 Å². The summed E-state index contributed by atoms with van der Waals surface area (Å²) >= 11 is -1.68. The fraction of sp³-hybridized carbons (Fsp3) is 0.528. The minimum absolute atomic E-state index is 0.0255. The maximum absolute atomic E-state index is 14.3. The van der Waals surface area contributed by atoms with Gasteiger partial charge in [-0.25, -0.2) is 4.98 Å². The van der Waals surface area contributed by atoms with Crippen molar-refractivity contribution in [1.82, 2.24) is 19.8 Å². The Hall–Kier alpha value is -3.14. The van der Waals surface area contributed by atoms with Crippen LogP contribution in [0.3, 0.4) is 0 Å². The molecule has 1 spiro atoms. The molecule has 2 saturated carbocycles. The van der Waals surface area contributed by atoms with E-state index >= 15 is 0 Å². The number of benzene rings is 2. The number of anilines is 1. The summed E-state index contributed by atoms with van der Waals surface area (Å²) < 4.78 is 23.4. The first kappa shape index (κ1) is 30.5. The molecule has 3 fully saturated rings. The van der Waals surface area contributed by atoms with Crippen LogP contribution in [0.5, 0.6) is 5.88 Å². The van der Waals surface area contributed by atoms with Gasteiger partial charge in [0, 0.05) is 48.4 Å². The molecule has 7 rings (SSSR count). The molecule has 2 aliphatic carbocycles. The minimum Gasteiger partial charge on any atom is -0.588 e. The summed E-state index contributed by atoms with van der Waals surface area (Å²) in [5, 5.41) is 0. The first-order valence-electron chi connectivity index (χ1n) is 16.6. The van der Waals surface area contributed by atoms with Gasteiger partial charge in [-0.3, -0.25) is 9.69 Å². The molecular formula is C36H45N5O3S. The van der Waals surface area contributed by atoms with Gasteiger partial charge in [-0.05, 0) is 74.1 Å². The van der Waals surface area contributed by atoms with E-state index in [4.69, 9.17) is 14.7 Å². The van der Waals surface area contributed by atoms with Gasteiger partial charge in [-0.15, -0.1) is 0 Å². The van der Waals surface area contributed by atoms with Crippen LogP contribution in [0.15, 0.2) is 53.4 Å². The minimum atomic E-state index is -1.68. The van der Waals surface area contributed by atoms with Crippen molar-refractivity contribution in [2.24, 2.45) is 11.3 Å². The average molecular weight is 628 g/mol. The molecular weight excluding hydrogens is 582 g/mol. The molecule has 3 aromatic rings. The molecule has 238 valence electrons. The van der Waals surface area contributed by atoms with Crippen molar-refractivity contribution in [2.45, 2.75) is 95.7 Å². The number of fused-ring (bicyclic) bond motifs is 6. The lowest BCUT2D eigenvalue weighted by molar-refractivity contribution is -0.0363. The topological polar surface area (TPSA) is 93.6 Å². The number of hydrogen-bond donors (Lipinski definition) is 1. The highest BCUT2D eigenvalue weighted by atomic mass is 32.2.